The first-order valence-corrected chi connectivity index (χ1v) is 25.9. The minimum Gasteiger partial charge on any atom is -0.109 e. The van der Waals surface area contributed by atoms with E-state index in [-0.39, 0.29) is 0 Å². The second kappa shape index (κ2) is 16.7. The highest BCUT2D eigenvalue weighted by molar-refractivity contribution is 7.17. The molecule has 0 heterocycles. The first-order valence-electron chi connectivity index (χ1n) is 21.9. The average molecular weight is 843 g/mol. The van der Waals surface area contributed by atoms with Crippen LogP contribution >= 0.6 is 0 Å². The van der Waals surface area contributed by atoms with E-state index in [1.807, 2.05) is 0 Å². The van der Waals surface area contributed by atoms with Crippen molar-refractivity contribution in [2.45, 2.75) is 0 Å². The van der Waals surface area contributed by atoms with E-state index in [9.17, 15) is 0 Å². The fourth-order valence-corrected chi connectivity index (χ4v) is 17.4. The standard InChI is InChI=1S/C62H42Si2/c1-7-25-51(26-8-1)63(52-27-9-2-10-28-52,53-29-11-3-12-30-53)41-39-59-57-37-21-22-38-58(57)60(62-46-50-44-48-24-20-19-23-47(48)43-49(50)45-61(59)62)40-42-64(54-31-13-4-14-32-54,55-33-15-5-16-34-55)56-35-17-6-18-36-56/h1-38,43-46H. The fraction of sp³-hybridized carbons (Fsp3) is 0. The maximum atomic E-state index is 4.16. The summed E-state index contributed by atoms with van der Waals surface area (Å²) in [7, 11) is -5.84. The smallest absolute Gasteiger partial charge is 0.109 e. The van der Waals surface area contributed by atoms with Gasteiger partial charge in [0.25, 0.3) is 0 Å². The van der Waals surface area contributed by atoms with Gasteiger partial charge in [0.2, 0.25) is 16.1 Å². The van der Waals surface area contributed by atoms with Crippen LogP contribution in [0.1, 0.15) is 11.1 Å². The summed E-state index contributed by atoms with van der Waals surface area (Å²) in [6, 6.07) is 92.7. The van der Waals surface area contributed by atoms with Gasteiger partial charge in [-0.15, -0.1) is 11.1 Å². The molecule has 64 heavy (non-hydrogen) atoms. The quantitative estimate of drug-likeness (QED) is 0.0677. The number of hydrogen-bond acceptors (Lipinski definition) is 0. The number of hydrogen-bond donors (Lipinski definition) is 0. The molecule has 0 N–H and O–H groups in total. The molecular weight excluding hydrogens is 801 g/mol. The van der Waals surface area contributed by atoms with Gasteiger partial charge < -0.3 is 0 Å². The van der Waals surface area contributed by atoms with Crippen molar-refractivity contribution >= 4 is 90.4 Å². The molecule has 0 fully saturated rings. The molecule has 0 spiro atoms. The number of rotatable bonds is 6. The van der Waals surface area contributed by atoms with Crippen LogP contribution in [0.2, 0.25) is 0 Å². The van der Waals surface area contributed by atoms with Gasteiger partial charge in [0.1, 0.15) is 0 Å². The Balaban J connectivity index is 1.27. The Labute approximate surface area is 377 Å². The van der Waals surface area contributed by atoms with Crippen molar-refractivity contribution in [2.24, 2.45) is 0 Å². The van der Waals surface area contributed by atoms with Crippen LogP contribution in [0.5, 0.6) is 0 Å². The summed E-state index contributed by atoms with van der Waals surface area (Å²) in [5, 5.41) is 16.8. The summed E-state index contributed by atoms with van der Waals surface area (Å²) in [5.74, 6) is 8.04. The van der Waals surface area contributed by atoms with E-state index in [4.69, 9.17) is 0 Å². The molecule has 0 nitrogen and oxygen atoms in total. The molecule has 0 radical (unpaired) electrons. The summed E-state index contributed by atoms with van der Waals surface area (Å²) < 4.78 is 0. The van der Waals surface area contributed by atoms with E-state index < -0.39 is 16.1 Å². The van der Waals surface area contributed by atoms with Crippen molar-refractivity contribution in [3.05, 3.63) is 266 Å². The third kappa shape index (κ3) is 6.75. The van der Waals surface area contributed by atoms with Gasteiger partial charge in [-0.1, -0.05) is 242 Å². The summed E-state index contributed by atoms with van der Waals surface area (Å²) in [4.78, 5) is 0. The molecular formula is C62H42Si2. The Morgan fingerprint density at radius 2 is 0.469 bits per heavy atom. The molecule has 0 saturated carbocycles. The largest absolute Gasteiger partial charge is 0.230 e. The Morgan fingerprint density at radius 3 is 0.750 bits per heavy atom. The monoisotopic (exact) mass is 842 g/mol. The van der Waals surface area contributed by atoms with Gasteiger partial charge in [0.15, 0.2) is 0 Å². The van der Waals surface area contributed by atoms with Gasteiger partial charge >= 0.3 is 0 Å². The van der Waals surface area contributed by atoms with Crippen LogP contribution in [0.3, 0.4) is 0 Å². The lowest BCUT2D eigenvalue weighted by Gasteiger charge is -2.28. The Hall–Kier alpha value is -7.99. The molecule has 0 unspecified atom stereocenters. The van der Waals surface area contributed by atoms with Crippen molar-refractivity contribution in [3.63, 3.8) is 0 Å². The average Bonchev–Trinajstić information content (AvgIpc) is 3.38. The lowest BCUT2D eigenvalue weighted by molar-refractivity contribution is 1.69. The van der Waals surface area contributed by atoms with Gasteiger partial charge in [-0.05, 0) is 98.5 Å². The summed E-state index contributed by atoms with van der Waals surface area (Å²) in [6.45, 7) is 0. The lowest BCUT2D eigenvalue weighted by Crippen LogP contribution is -2.66. The van der Waals surface area contributed by atoms with Crippen LogP contribution in [0.4, 0.5) is 0 Å². The van der Waals surface area contributed by atoms with Crippen molar-refractivity contribution in [3.8, 4) is 22.9 Å². The van der Waals surface area contributed by atoms with E-state index in [0.717, 1.165) is 32.7 Å². The molecule has 0 bridgehead atoms. The van der Waals surface area contributed by atoms with Gasteiger partial charge in [-0.25, -0.2) is 0 Å². The lowest BCUT2D eigenvalue weighted by atomic mass is 9.90. The zero-order valence-electron chi connectivity index (χ0n) is 35.2. The SMILES string of the molecule is C(#C[Si](c1ccccc1)(c1ccccc1)c1ccccc1)c1c2ccccc2c(C#C[Si](c2ccccc2)(c2ccccc2)c2ccccc2)c2cc3cc4ccccc4cc3cc12. The minimum atomic E-state index is -2.92. The highest BCUT2D eigenvalue weighted by Gasteiger charge is 2.39. The van der Waals surface area contributed by atoms with E-state index in [1.54, 1.807) is 0 Å². The topological polar surface area (TPSA) is 0 Å². The van der Waals surface area contributed by atoms with Gasteiger partial charge in [-0.3, -0.25) is 0 Å². The third-order valence-electron chi connectivity index (χ3n) is 12.8. The molecule has 0 aliphatic heterocycles. The van der Waals surface area contributed by atoms with Crippen LogP contribution in [-0.4, -0.2) is 16.1 Å². The van der Waals surface area contributed by atoms with Crippen LogP contribution in [-0.2, 0) is 0 Å². The van der Waals surface area contributed by atoms with Crippen LogP contribution < -0.4 is 31.1 Å². The minimum absolute atomic E-state index is 1.03. The van der Waals surface area contributed by atoms with E-state index in [2.05, 4.69) is 278 Å². The fourth-order valence-electron chi connectivity index (χ4n) is 9.76. The van der Waals surface area contributed by atoms with Gasteiger partial charge in [-0.2, -0.15) is 0 Å². The zero-order chi connectivity index (χ0) is 42.8. The molecule has 11 rings (SSSR count). The van der Waals surface area contributed by atoms with E-state index in [0.29, 0.717) is 0 Å². The van der Waals surface area contributed by atoms with Crippen LogP contribution in [0.15, 0.2) is 255 Å². The van der Waals surface area contributed by atoms with Gasteiger partial charge in [0, 0.05) is 11.1 Å². The maximum absolute atomic E-state index is 4.16. The van der Waals surface area contributed by atoms with Crippen LogP contribution in [0, 0.1) is 22.9 Å². The Bertz CT molecular complexity index is 3150. The molecule has 0 aliphatic carbocycles. The summed E-state index contributed by atoms with van der Waals surface area (Å²) >= 11 is 0. The molecule has 0 saturated heterocycles. The number of fused-ring (bicyclic) bond motifs is 4. The molecule has 2 heteroatoms. The zero-order valence-corrected chi connectivity index (χ0v) is 37.2. The molecule has 11 aromatic carbocycles. The van der Waals surface area contributed by atoms with E-state index >= 15 is 0 Å². The van der Waals surface area contributed by atoms with E-state index in [1.165, 1.54) is 52.7 Å². The Kier molecular flexibility index (Phi) is 10.2. The molecule has 0 aliphatic rings. The molecule has 0 atom stereocenters. The highest BCUT2D eigenvalue weighted by Crippen LogP contribution is 2.36. The molecule has 0 aromatic heterocycles. The number of benzene rings is 11. The maximum Gasteiger partial charge on any atom is 0.230 e. The van der Waals surface area contributed by atoms with Crippen molar-refractivity contribution in [1.29, 1.82) is 0 Å². The first kappa shape index (κ1) is 38.9. The predicted molar refractivity (Wildman–Crippen MR) is 278 cm³/mol. The first-order chi connectivity index (χ1) is 31.7. The third-order valence-corrected chi connectivity index (χ3v) is 21.0. The van der Waals surface area contributed by atoms with Crippen molar-refractivity contribution in [2.75, 3.05) is 0 Å². The highest BCUT2D eigenvalue weighted by atomic mass is 28.3. The molecule has 298 valence electrons. The summed E-state index contributed by atoms with van der Waals surface area (Å²) in [6.07, 6.45) is 0. The molecule has 0 amide bonds. The normalized spacial score (nSPS) is 11.5. The predicted octanol–water partition coefficient (Wildman–Crippen LogP) is 10.4. The summed E-state index contributed by atoms with van der Waals surface area (Å²) in [5.41, 5.74) is 10.4. The second-order valence-electron chi connectivity index (χ2n) is 16.4. The second-order valence-corrected chi connectivity index (χ2v) is 23.4. The van der Waals surface area contributed by atoms with Crippen LogP contribution in [0.25, 0.3) is 43.1 Å². The van der Waals surface area contributed by atoms with Crippen molar-refractivity contribution in [1.82, 2.24) is 0 Å². The van der Waals surface area contributed by atoms with Gasteiger partial charge in [0.05, 0.1) is 0 Å². The Morgan fingerprint density at radius 1 is 0.219 bits per heavy atom. The van der Waals surface area contributed by atoms with Crippen molar-refractivity contribution < 1.29 is 0 Å². The molecule has 11 aromatic rings.